The topological polar surface area (TPSA) is 12.0 Å². The Morgan fingerprint density at radius 2 is 1.82 bits per heavy atom. The van der Waals surface area contributed by atoms with Gasteiger partial charge < -0.3 is 5.32 Å². The maximum absolute atomic E-state index is 13.4. The highest BCUT2D eigenvalue weighted by atomic mass is 19.4. The lowest BCUT2D eigenvalue weighted by Crippen LogP contribution is -2.12. The van der Waals surface area contributed by atoms with Gasteiger partial charge in [-0.15, -0.1) is 0 Å². The Morgan fingerprint density at radius 1 is 1.18 bits per heavy atom. The molecule has 0 heterocycles. The molecule has 1 rings (SSSR count). The smallest absolute Gasteiger partial charge is 0.380 e. The summed E-state index contributed by atoms with van der Waals surface area (Å²) in [5.74, 6) is -1.57. The molecular formula is C11H12F5N. The predicted molar refractivity (Wildman–Crippen MR) is 54.9 cm³/mol. The van der Waals surface area contributed by atoms with Crippen molar-refractivity contribution in [3.63, 3.8) is 0 Å². The van der Waals surface area contributed by atoms with Crippen molar-refractivity contribution in [1.82, 2.24) is 0 Å². The summed E-state index contributed by atoms with van der Waals surface area (Å²) in [7, 11) is 0. The second-order valence-electron chi connectivity index (χ2n) is 3.70. The van der Waals surface area contributed by atoms with Gasteiger partial charge in [-0.25, -0.2) is 8.78 Å². The third-order valence-corrected chi connectivity index (χ3v) is 2.22. The number of anilines is 1. The summed E-state index contributed by atoms with van der Waals surface area (Å²) < 4.78 is 62.1. The van der Waals surface area contributed by atoms with Crippen LogP contribution in [0.15, 0.2) is 12.1 Å². The second kappa shape index (κ2) is 5.33. The minimum absolute atomic E-state index is 0.128. The zero-order chi connectivity index (χ0) is 13.1. The van der Waals surface area contributed by atoms with Crippen molar-refractivity contribution in [2.75, 3.05) is 11.9 Å². The minimum atomic E-state index is -4.24. The minimum Gasteiger partial charge on any atom is -0.380 e. The molecule has 0 spiro atoms. The maximum Gasteiger partial charge on any atom is 0.389 e. The molecule has 0 aliphatic carbocycles. The van der Waals surface area contributed by atoms with Crippen LogP contribution in [-0.4, -0.2) is 12.7 Å². The van der Waals surface area contributed by atoms with Crippen molar-refractivity contribution in [3.8, 4) is 0 Å². The molecule has 0 aliphatic rings. The average molecular weight is 253 g/mol. The molecule has 17 heavy (non-hydrogen) atoms. The van der Waals surface area contributed by atoms with Gasteiger partial charge in [0.25, 0.3) is 0 Å². The van der Waals surface area contributed by atoms with E-state index in [-0.39, 0.29) is 24.2 Å². The molecule has 1 N–H and O–H groups in total. The normalized spacial score (nSPS) is 11.6. The molecule has 0 atom stereocenters. The van der Waals surface area contributed by atoms with Crippen molar-refractivity contribution in [2.24, 2.45) is 0 Å². The highest BCUT2D eigenvalue weighted by molar-refractivity contribution is 5.48. The van der Waals surface area contributed by atoms with E-state index in [2.05, 4.69) is 5.32 Å². The van der Waals surface area contributed by atoms with Gasteiger partial charge in [0.05, 0.1) is 0 Å². The van der Waals surface area contributed by atoms with Crippen LogP contribution < -0.4 is 5.32 Å². The van der Waals surface area contributed by atoms with E-state index >= 15 is 0 Å². The molecule has 0 amide bonds. The van der Waals surface area contributed by atoms with Crippen molar-refractivity contribution < 1.29 is 22.0 Å². The quantitative estimate of drug-likeness (QED) is 0.631. The Bertz CT molecular complexity index is 386. The molecule has 0 bridgehead atoms. The van der Waals surface area contributed by atoms with E-state index in [1.165, 1.54) is 13.0 Å². The third-order valence-electron chi connectivity index (χ3n) is 2.22. The highest BCUT2D eigenvalue weighted by Crippen LogP contribution is 2.23. The molecule has 96 valence electrons. The number of benzene rings is 1. The Balaban J connectivity index is 2.55. The number of rotatable bonds is 4. The van der Waals surface area contributed by atoms with Crippen LogP contribution in [0.5, 0.6) is 0 Å². The van der Waals surface area contributed by atoms with Crippen LogP contribution in [0.1, 0.15) is 18.4 Å². The molecule has 0 saturated heterocycles. The number of halogens is 5. The van der Waals surface area contributed by atoms with Gasteiger partial charge in [-0.3, -0.25) is 0 Å². The molecule has 1 aromatic carbocycles. The monoisotopic (exact) mass is 253 g/mol. The summed E-state index contributed by atoms with van der Waals surface area (Å²) in [6.45, 7) is 1.33. The van der Waals surface area contributed by atoms with Crippen molar-refractivity contribution in [1.29, 1.82) is 0 Å². The average Bonchev–Trinajstić information content (AvgIpc) is 2.21. The van der Waals surface area contributed by atoms with E-state index in [4.69, 9.17) is 0 Å². The van der Waals surface area contributed by atoms with Crippen LogP contribution in [0.4, 0.5) is 27.6 Å². The van der Waals surface area contributed by atoms with Gasteiger partial charge in [-0.1, -0.05) is 6.07 Å². The maximum atomic E-state index is 13.4. The first-order valence-corrected chi connectivity index (χ1v) is 5.06. The van der Waals surface area contributed by atoms with Crippen molar-refractivity contribution in [3.05, 3.63) is 29.3 Å². The van der Waals surface area contributed by atoms with Crippen LogP contribution >= 0.6 is 0 Å². The van der Waals surface area contributed by atoms with E-state index in [0.717, 1.165) is 6.07 Å². The molecule has 1 aromatic rings. The summed E-state index contributed by atoms with van der Waals surface area (Å²) in [6, 6.07) is 2.34. The third kappa shape index (κ3) is 4.20. The van der Waals surface area contributed by atoms with Gasteiger partial charge in [-0.2, -0.15) is 13.2 Å². The van der Waals surface area contributed by atoms with Gasteiger partial charge in [0.1, 0.15) is 11.5 Å². The van der Waals surface area contributed by atoms with Gasteiger partial charge >= 0.3 is 6.18 Å². The molecular weight excluding hydrogens is 241 g/mol. The number of aryl methyl sites for hydroxylation is 1. The molecule has 0 unspecified atom stereocenters. The Morgan fingerprint density at radius 3 is 2.41 bits per heavy atom. The largest absolute Gasteiger partial charge is 0.389 e. The van der Waals surface area contributed by atoms with Gasteiger partial charge in [0.2, 0.25) is 0 Å². The fraction of sp³-hybridized carbons (Fsp3) is 0.455. The summed E-state index contributed by atoms with van der Waals surface area (Å²) in [5.41, 5.74) is -0.128. The predicted octanol–water partition coefficient (Wildman–Crippen LogP) is 4.03. The SMILES string of the molecule is Cc1ccc(F)c(NCCCC(F)(F)F)c1F. The molecule has 0 saturated carbocycles. The van der Waals surface area contributed by atoms with Crippen LogP contribution in [0.25, 0.3) is 0 Å². The number of hydrogen-bond donors (Lipinski definition) is 1. The first-order valence-electron chi connectivity index (χ1n) is 5.06. The molecule has 1 nitrogen and oxygen atoms in total. The zero-order valence-corrected chi connectivity index (χ0v) is 9.17. The molecule has 0 aromatic heterocycles. The van der Waals surface area contributed by atoms with E-state index in [9.17, 15) is 22.0 Å². The molecule has 0 fully saturated rings. The fourth-order valence-electron chi connectivity index (χ4n) is 1.32. The summed E-state index contributed by atoms with van der Waals surface area (Å²) in [4.78, 5) is 0. The zero-order valence-electron chi connectivity index (χ0n) is 9.17. The van der Waals surface area contributed by atoms with Crippen LogP contribution in [0.3, 0.4) is 0 Å². The van der Waals surface area contributed by atoms with Crippen molar-refractivity contribution in [2.45, 2.75) is 25.9 Å². The number of alkyl halides is 3. The lowest BCUT2D eigenvalue weighted by molar-refractivity contribution is -0.134. The molecule has 6 heteroatoms. The second-order valence-corrected chi connectivity index (χ2v) is 3.70. The Kier molecular flexibility index (Phi) is 4.31. The number of nitrogens with one attached hydrogen (secondary N) is 1. The van der Waals surface area contributed by atoms with E-state index in [1.54, 1.807) is 0 Å². The molecule has 0 radical (unpaired) electrons. The summed E-state index contributed by atoms with van der Waals surface area (Å²) in [5, 5.41) is 2.34. The van der Waals surface area contributed by atoms with Crippen LogP contribution in [-0.2, 0) is 0 Å². The van der Waals surface area contributed by atoms with Gasteiger partial charge in [0.15, 0.2) is 5.82 Å². The first kappa shape index (κ1) is 13.7. The highest BCUT2D eigenvalue weighted by Gasteiger charge is 2.26. The van der Waals surface area contributed by atoms with E-state index < -0.39 is 24.2 Å². The fourth-order valence-corrected chi connectivity index (χ4v) is 1.32. The first-order chi connectivity index (χ1) is 7.81. The van der Waals surface area contributed by atoms with Crippen LogP contribution in [0, 0.1) is 18.6 Å². The number of hydrogen-bond acceptors (Lipinski definition) is 1. The van der Waals surface area contributed by atoms with E-state index in [0.29, 0.717) is 0 Å². The Hall–Kier alpha value is -1.33. The lowest BCUT2D eigenvalue weighted by atomic mass is 10.2. The lowest BCUT2D eigenvalue weighted by Gasteiger charge is -2.11. The van der Waals surface area contributed by atoms with E-state index in [1.807, 2.05) is 0 Å². The van der Waals surface area contributed by atoms with Crippen LogP contribution in [0.2, 0.25) is 0 Å². The molecule has 0 aliphatic heterocycles. The van der Waals surface area contributed by atoms with Gasteiger partial charge in [-0.05, 0) is 25.0 Å². The Labute approximate surface area is 95.6 Å². The van der Waals surface area contributed by atoms with Gasteiger partial charge in [0, 0.05) is 13.0 Å². The summed E-state index contributed by atoms with van der Waals surface area (Å²) >= 11 is 0. The van der Waals surface area contributed by atoms with Crippen molar-refractivity contribution >= 4 is 5.69 Å². The summed E-state index contributed by atoms with van der Waals surface area (Å²) in [6.07, 6.45) is -5.45. The standard InChI is InChI=1S/C11H12F5N/c1-7-3-4-8(12)10(9(7)13)17-6-2-5-11(14,15)16/h3-4,17H,2,5-6H2,1H3.